The van der Waals surface area contributed by atoms with Crippen molar-refractivity contribution in [3.63, 3.8) is 0 Å². The van der Waals surface area contributed by atoms with Crippen LogP contribution in [0.5, 0.6) is 0 Å². The Morgan fingerprint density at radius 1 is 0.163 bits per heavy atom. The van der Waals surface area contributed by atoms with Crippen LogP contribution in [-0.4, -0.2) is 32.0 Å². The standard InChI is InChI=1S/C39H78O4/c40-38(41)36-34-32-30-28-26-24-22-20-18-16-14-12-10-8-6-4-2-1-3-5-7-9-11-13-15-17-19-21-23-25-27-29-31-33-35-37-39(38,42)43/h40-43H,1-37H2. The van der Waals surface area contributed by atoms with Crippen LogP contribution in [0.2, 0.25) is 0 Å². The first-order chi connectivity index (χ1) is 21.0. The molecule has 258 valence electrons. The molecular weight excluding hydrogens is 532 g/mol. The average Bonchev–Trinajstić information content (AvgIpc) is 2.98. The summed E-state index contributed by atoms with van der Waals surface area (Å²) in [7, 11) is 0. The van der Waals surface area contributed by atoms with E-state index in [1.807, 2.05) is 0 Å². The van der Waals surface area contributed by atoms with Gasteiger partial charge in [0.2, 0.25) is 11.6 Å². The van der Waals surface area contributed by atoms with Gasteiger partial charge < -0.3 is 20.4 Å². The van der Waals surface area contributed by atoms with Crippen molar-refractivity contribution in [1.29, 1.82) is 0 Å². The van der Waals surface area contributed by atoms with Crippen LogP contribution in [0, 0.1) is 0 Å². The largest absolute Gasteiger partial charge is 0.361 e. The summed E-state index contributed by atoms with van der Waals surface area (Å²) in [6.07, 6.45) is 45.4. The molecule has 0 saturated heterocycles. The first kappa shape index (κ1) is 40.9. The van der Waals surface area contributed by atoms with Crippen molar-refractivity contribution in [3.8, 4) is 0 Å². The Labute approximate surface area is 269 Å². The molecule has 0 aliphatic heterocycles. The summed E-state index contributed by atoms with van der Waals surface area (Å²) < 4.78 is 0. The molecule has 0 aromatic rings. The molecule has 0 atom stereocenters. The average molecular weight is 611 g/mol. The molecule has 0 aromatic heterocycles. The first-order valence-corrected chi connectivity index (χ1v) is 19.9. The van der Waals surface area contributed by atoms with E-state index in [4.69, 9.17) is 0 Å². The van der Waals surface area contributed by atoms with Gasteiger partial charge in [-0.25, -0.2) is 0 Å². The molecule has 1 saturated carbocycles. The zero-order valence-electron chi connectivity index (χ0n) is 29.0. The molecule has 1 rings (SSSR count). The van der Waals surface area contributed by atoms with Crippen LogP contribution >= 0.6 is 0 Å². The Morgan fingerprint density at radius 3 is 0.372 bits per heavy atom. The van der Waals surface area contributed by atoms with E-state index in [-0.39, 0.29) is 12.8 Å². The number of hydrogen-bond acceptors (Lipinski definition) is 4. The molecule has 0 aromatic carbocycles. The molecule has 0 heterocycles. The summed E-state index contributed by atoms with van der Waals surface area (Å²) >= 11 is 0. The highest BCUT2D eigenvalue weighted by molar-refractivity contribution is 4.82. The van der Waals surface area contributed by atoms with Crippen molar-refractivity contribution >= 4 is 0 Å². The summed E-state index contributed by atoms with van der Waals surface area (Å²) in [5, 5.41) is 41.4. The molecule has 0 unspecified atom stereocenters. The Bertz CT molecular complexity index is 513. The van der Waals surface area contributed by atoms with Gasteiger partial charge in [0, 0.05) is 12.8 Å². The minimum absolute atomic E-state index is 0.0278. The van der Waals surface area contributed by atoms with Gasteiger partial charge in [-0.2, -0.15) is 0 Å². The Kier molecular flexibility index (Phi) is 27.8. The van der Waals surface area contributed by atoms with Crippen LogP contribution in [0.1, 0.15) is 238 Å². The highest BCUT2D eigenvalue weighted by Gasteiger charge is 2.45. The third-order valence-electron chi connectivity index (χ3n) is 10.2. The molecule has 4 heteroatoms. The lowest BCUT2D eigenvalue weighted by atomic mass is 9.93. The quantitative estimate of drug-likeness (QED) is 0.206. The van der Waals surface area contributed by atoms with Crippen molar-refractivity contribution in [3.05, 3.63) is 0 Å². The second kappa shape index (κ2) is 29.3. The molecule has 1 fully saturated rings. The molecule has 43 heavy (non-hydrogen) atoms. The molecule has 0 bridgehead atoms. The van der Waals surface area contributed by atoms with Crippen molar-refractivity contribution in [1.82, 2.24) is 0 Å². The van der Waals surface area contributed by atoms with Gasteiger partial charge in [-0.3, -0.25) is 0 Å². The van der Waals surface area contributed by atoms with E-state index in [2.05, 4.69) is 0 Å². The molecule has 0 radical (unpaired) electrons. The maximum atomic E-state index is 10.4. The van der Waals surface area contributed by atoms with Crippen LogP contribution in [0.3, 0.4) is 0 Å². The van der Waals surface area contributed by atoms with Crippen molar-refractivity contribution < 1.29 is 20.4 Å². The van der Waals surface area contributed by atoms with Gasteiger partial charge in [0.05, 0.1) is 0 Å². The topological polar surface area (TPSA) is 80.9 Å². The second-order valence-electron chi connectivity index (χ2n) is 14.5. The molecule has 4 N–H and O–H groups in total. The van der Waals surface area contributed by atoms with Crippen LogP contribution < -0.4 is 0 Å². The van der Waals surface area contributed by atoms with Crippen LogP contribution in [0.15, 0.2) is 0 Å². The third kappa shape index (κ3) is 25.7. The second-order valence-corrected chi connectivity index (χ2v) is 14.5. The maximum Gasteiger partial charge on any atom is 0.218 e. The summed E-state index contributed by atoms with van der Waals surface area (Å²) in [4.78, 5) is 0. The Morgan fingerprint density at radius 2 is 0.256 bits per heavy atom. The van der Waals surface area contributed by atoms with Gasteiger partial charge in [0.1, 0.15) is 0 Å². The van der Waals surface area contributed by atoms with Crippen LogP contribution in [-0.2, 0) is 0 Å². The van der Waals surface area contributed by atoms with Gasteiger partial charge in [-0.05, 0) is 12.8 Å². The van der Waals surface area contributed by atoms with E-state index in [0.717, 1.165) is 25.7 Å². The van der Waals surface area contributed by atoms with E-state index < -0.39 is 11.6 Å². The highest BCUT2D eigenvalue weighted by atomic mass is 16.6. The van der Waals surface area contributed by atoms with Crippen LogP contribution in [0.25, 0.3) is 0 Å². The van der Waals surface area contributed by atoms with Gasteiger partial charge in [-0.1, -0.05) is 212 Å². The number of aliphatic hydroxyl groups is 4. The van der Waals surface area contributed by atoms with E-state index in [9.17, 15) is 20.4 Å². The van der Waals surface area contributed by atoms with E-state index in [0.29, 0.717) is 12.8 Å². The lowest BCUT2D eigenvalue weighted by Gasteiger charge is -2.35. The maximum absolute atomic E-state index is 10.4. The molecule has 4 nitrogen and oxygen atoms in total. The predicted molar refractivity (Wildman–Crippen MR) is 185 cm³/mol. The van der Waals surface area contributed by atoms with E-state index >= 15 is 0 Å². The highest BCUT2D eigenvalue weighted by Crippen LogP contribution is 2.29. The van der Waals surface area contributed by atoms with Gasteiger partial charge in [0.25, 0.3) is 0 Å². The first-order valence-electron chi connectivity index (χ1n) is 19.9. The minimum atomic E-state index is -2.42. The SMILES string of the molecule is OC1(O)CCCCCCCCCCCCCCCCCCCCCCCCCCCCCCCCCCCCCC1(O)O. The third-order valence-corrected chi connectivity index (χ3v) is 10.2. The van der Waals surface area contributed by atoms with Gasteiger partial charge in [-0.15, -0.1) is 0 Å². The van der Waals surface area contributed by atoms with Gasteiger partial charge in [0.15, 0.2) is 0 Å². The lowest BCUT2D eigenvalue weighted by Crippen LogP contribution is -2.54. The Hall–Kier alpha value is -0.160. The molecule has 0 spiro atoms. The van der Waals surface area contributed by atoms with Crippen molar-refractivity contribution in [2.24, 2.45) is 0 Å². The zero-order chi connectivity index (χ0) is 31.2. The Balaban J connectivity index is 2.20. The molecule has 1 aliphatic rings. The van der Waals surface area contributed by atoms with Crippen LogP contribution in [0.4, 0.5) is 0 Å². The van der Waals surface area contributed by atoms with E-state index in [1.54, 1.807) is 0 Å². The molecular formula is C39H78O4. The summed E-state index contributed by atoms with van der Waals surface area (Å²) in [6.45, 7) is 0. The zero-order valence-corrected chi connectivity index (χ0v) is 29.0. The fourth-order valence-corrected chi connectivity index (χ4v) is 6.98. The summed E-state index contributed by atoms with van der Waals surface area (Å²) in [5.41, 5.74) is 0. The van der Waals surface area contributed by atoms with Crippen molar-refractivity contribution in [2.45, 2.75) is 249 Å². The van der Waals surface area contributed by atoms with Crippen molar-refractivity contribution in [2.75, 3.05) is 0 Å². The normalized spacial score (nSPS) is 25.4. The predicted octanol–water partition coefficient (Wildman–Crippen LogP) is 11.8. The fraction of sp³-hybridized carbons (Fsp3) is 1.00. The summed E-state index contributed by atoms with van der Waals surface area (Å²) in [6, 6.07) is 0. The number of rotatable bonds is 0. The van der Waals surface area contributed by atoms with E-state index in [1.165, 1.54) is 186 Å². The molecule has 0 amide bonds. The minimum Gasteiger partial charge on any atom is -0.361 e. The number of hydrogen-bond donors (Lipinski definition) is 4. The monoisotopic (exact) mass is 611 g/mol. The fourth-order valence-electron chi connectivity index (χ4n) is 6.98. The summed E-state index contributed by atoms with van der Waals surface area (Å²) in [5.74, 6) is -4.83. The molecule has 1 aliphatic carbocycles. The smallest absolute Gasteiger partial charge is 0.218 e. The lowest BCUT2D eigenvalue weighted by molar-refractivity contribution is -0.361. The van der Waals surface area contributed by atoms with Gasteiger partial charge >= 0.3 is 0 Å².